The van der Waals surface area contributed by atoms with Gasteiger partial charge in [-0.2, -0.15) is 5.10 Å². The summed E-state index contributed by atoms with van der Waals surface area (Å²) < 4.78 is 30.3. The van der Waals surface area contributed by atoms with Gasteiger partial charge in [-0.25, -0.2) is 8.42 Å². The Labute approximate surface area is 175 Å². The lowest BCUT2D eigenvalue weighted by Crippen LogP contribution is -2.14. The molecule has 0 saturated heterocycles. The van der Waals surface area contributed by atoms with Crippen molar-refractivity contribution in [2.45, 2.75) is 38.6 Å². The van der Waals surface area contributed by atoms with Crippen molar-refractivity contribution in [3.05, 3.63) is 75.9 Å². The molecule has 0 bridgehead atoms. The molecule has 0 aliphatic rings. The molecule has 0 atom stereocenters. The minimum absolute atomic E-state index is 0.222. The van der Waals surface area contributed by atoms with Gasteiger partial charge in [0.25, 0.3) is 10.0 Å². The smallest absolute Gasteiger partial charge is 0.263 e. The van der Waals surface area contributed by atoms with Crippen LogP contribution in [0.2, 0.25) is 0 Å². The molecule has 2 aromatic carbocycles. The second-order valence-corrected chi connectivity index (χ2v) is 9.89. The molecule has 0 aliphatic carbocycles. The maximum absolute atomic E-state index is 12.7. The summed E-state index contributed by atoms with van der Waals surface area (Å²) in [5.41, 5.74) is 3.41. The van der Waals surface area contributed by atoms with Gasteiger partial charge in [-0.1, -0.05) is 55.8 Å². The average molecular weight is 462 g/mol. The summed E-state index contributed by atoms with van der Waals surface area (Å²) in [6.45, 7) is 6.87. The first-order chi connectivity index (χ1) is 13.2. The monoisotopic (exact) mass is 461 g/mol. The van der Waals surface area contributed by atoms with E-state index in [1.54, 1.807) is 23.0 Å². The molecule has 1 aromatic heterocycles. The highest BCUT2D eigenvalue weighted by molar-refractivity contribution is 9.10. The van der Waals surface area contributed by atoms with Crippen LogP contribution in [0.25, 0.3) is 0 Å². The number of anilines is 1. The van der Waals surface area contributed by atoms with Crippen LogP contribution in [0.1, 0.15) is 30.5 Å². The first kappa shape index (κ1) is 20.6. The lowest BCUT2D eigenvalue weighted by molar-refractivity contribution is 0.600. The zero-order valence-corrected chi connectivity index (χ0v) is 18.6. The SMILES string of the molecule is Cc1ccc(Cn2cc(Br)c(NS(=O)(=O)c3ccc(CC(C)C)cc3)n2)cc1. The van der Waals surface area contributed by atoms with E-state index >= 15 is 0 Å². The Morgan fingerprint density at radius 3 is 2.25 bits per heavy atom. The molecular weight excluding hydrogens is 438 g/mol. The van der Waals surface area contributed by atoms with E-state index in [0.717, 1.165) is 17.5 Å². The summed E-state index contributed by atoms with van der Waals surface area (Å²) in [6.07, 6.45) is 2.69. The fraction of sp³-hybridized carbons (Fsp3) is 0.286. The third kappa shape index (κ3) is 5.23. The van der Waals surface area contributed by atoms with Crippen LogP contribution in [-0.2, 0) is 23.0 Å². The molecule has 3 rings (SSSR count). The number of benzene rings is 2. The van der Waals surface area contributed by atoms with Crippen molar-refractivity contribution < 1.29 is 8.42 Å². The van der Waals surface area contributed by atoms with Gasteiger partial charge in [-0.3, -0.25) is 9.40 Å². The van der Waals surface area contributed by atoms with Gasteiger partial charge in [-0.05, 0) is 58.5 Å². The van der Waals surface area contributed by atoms with E-state index in [9.17, 15) is 8.42 Å². The van der Waals surface area contributed by atoms with Crippen LogP contribution in [0.15, 0.2) is 64.1 Å². The largest absolute Gasteiger partial charge is 0.265 e. The maximum atomic E-state index is 12.7. The van der Waals surface area contributed by atoms with E-state index in [2.05, 4.69) is 39.6 Å². The number of nitrogens with one attached hydrogen (secondary N) is 1. The van der Waals surface area contributed by atoms with Gasteiger partial charge in [0.2, 0.25) is 0 Å². The van der Waals surface area contributed by atoms with Crippen molar-refractivity contribution in [3.8, 4) is 0 Å². The van der Waals surface area contributed by atoms with Crippen LogP contribution >= 0.6 is 15.9 Å². The van der Waals surface area contributed by atoms with Gasteiger partial charge >= 0.3 is 0 Å². The molecule has 0 spiro atoms. The molecule has 0 radical (unpaired) electrons. The van der Waals surface area contributed by atoms with Gasteiger partial charge in [0.15, 0.2) is 5.82 Å². The highest BCUT2D eigenvalue weighted by atomic mass is 79.9. The van der Waals surface area contributed by atoms with Gasteiger partial charge in [0.05, 0.1) is 15.9 Å². The summed E-state index contributed by atoms with van der Waals surface area (Å²) in [6, 6.07) is 15.1. The van der Waals surface area contributed by atoms with Crippen LogP contribution in [0, 0.1) is 12.8 Å². The molecule has 0 amide bonds. The average Bonchev–Trinajstić information content (AvgIpc) is 2.95. The Kier molecular flexibility index (Phi) is 6.25. The van der Waals surface area contributed by atoms with Crippen molar-refractivity contribution in [2.75, 3.05) is 4.72 Å². The lowest BCUT2D eigenvalue weighted by Gasteiger charge is -2.08. The second kappa shape index (κ2) is 8.49. The number of halogens is 1. The fourth-order valence-electron chi connectivity index (χ4n) is 2.89. The first-order valence-electron chi connectivity index (χ1n) is 9.13. The molecule has 0 saturated carbocycles. The number of aromatic nitrogens is 2. The molecule has 1 N–H and O–H groups in total. The van der Waals surface area contributed by atoms with E-state index < -0.39 is 10.0 Å². The molecular formula is C21H24BrN3O2S. The summed E-state index contributed by atoms with van der Waals surface area (Å²) in [5, 5.41) is 4.37. The number of aryl methyl sites for hydroxylation is 1. The molecule has 7 heteroatoms. The fourth-order valence-corrected chi connectivity index (χ4v) is 4.45. The van der Waals surface area contributed by atoms with Gasteiger partial charge in [0.1, 0.15) is 0 Å². The second-order valence-electron chi connectivity index (χ2n) is 7.36. The van der Waals surface area contributed by atoms with E-state index in [1.807, 2.05) is 43.3 Å². The summed E-state index contributed by atoms with van der Waals surface area (Å²) >= 11 is 3.40. The van der Waals surface area contributed by atoms with Crippen molar-refractivity contribution >= 4 is 31.8 Å². The standard InChI is InChI=1S/C21H24BrN3O2S/c1-15(2)12-17-8-10-19(11-9-17)28(26,27)24-21-20(22)14-25(23-21)13-18-6-4-16(3)5-7-18/h4-11,14-15H,12-13H2,1-3H3,(H,23,24). The molecule has 0 fully saturated rings. The van der Waals surface area contributed by atoms with Crippen molar-refractivity contribution in [1.82, 2.24) is 9.78 Å². The minimum atomic E-state index is -3.70. The summed E-state index contributed by atoms with van der Waals surface area (Å²) in [4.78, 5) is 0.222. The molecule has 0 aliphatic heterocycles. The van der Waals surface area contributed by atoms with Gasteiger partial charge < -0.3 is 0 Å². The quantitative estimate of drug-likeness (QED) is 0.538. The first-order valence-corrected chi connectivity index (χ1v) is 11.4. The Bertz CT molecular complexity index is 1040. The normalized spacial score (nSPS) is 11.8. The van der Waals surface area contributed by atoms with Crippen LogP contribution in [0.5, 0.6) is 0 Å². The highest BCUT2D eigenvalue weighted by Crippen LogP contribution is 2.24. The van der Waals surface area contributed by atoms with Gasteiger partial charge in [0, 0.05) is 6.20 Å². The van der Waals surface area contributed by atoms with Crippen LogP contribution in [0.3, 0.4) is 0 Å². The highest BCUT2D eigenvalue weighted by Gasteiger charge is 2.18. The summed E-state index contributed by atoms with van der Waals surface area (Å²) in [5.74, 6) is 0.799. The molecule has 148 valence electrons. The summed E-state index contributed by atoms with van der Waals surface area (Å²) in [7, 11) is -3.70. The van der Waals surface area contributed by atoms with Crippen molar-refractivity contribution in [1.29, 1.82) is 0 Å². The Morgan fingerprint density at radius 1 is 1.04 bits per heavy atom. The number of hydrogen-bond donors (Lipinski definition) is 1. The van der Waals surface area contributed by atoms with Crippen molar-refractivity contribution in [3.63, 3.8) is 0 Å². The van der Waals surface area contributed by atoms with Crippen LogP contribution in [-0.4, -0.2) is 18.2 Å². The van der Waals surface area contributed by atoms with E-state index in [-0.39, 0.29) is 10.7 Å². The van der Waals surface area contributed by atoms with E-state index in [1.165, 1.54) is 5.56 Å². The van der Waals surface area contributed by atoms with Gasteiger partial charge in [-0.15, -0.1) is 0 Å². The number of sulfonamides is 1. The Hall–Kier alpha value is -2.12. The maximum Gasteiger partial charge on any atom is 0.263 e. The topological polar surface area (TPSA) is 64.0 Å². The van der Waals surface area contributed by atoms with E-state index in [0.29, 0.717) is 16.9 Å². The van der Waals surface area contributed by atoms with Crippen LogP contribution in [0.4, 0.5) is 5.82 Å². The molecule has 0 unspecified atom stereocenters. The Balaban J connectivity index is 1.75. The third-order valence-corrected chi connectivity index (χ3v) is 6.23. The van der Waals surface area contributed by atoms with Crippen LogP contribution < -0.4 is 4.72 Å². The third-order valence-electron chi connectivity index (χ3n) is 4.29. The zero-order chi connectivity index (χ0) is 20.3. The lowest BCUT2D eigenvalue weighted by atomic mass is 10.0. The molecule has 5 nitrogen and oxygen atoms in total. The molecule has 28 heavy (non-hydrogen) atoms. The predicted octanol–water partition coefficient (Wildman–Crippen LogP) is 5.00. The minimum Gasteiger partial charge on any atom is -0.265 e. The number of nitrogens with zero attached hydrogens (tertiary/aromatic N) is 2. The number of rotatable bonds is 7. The zero-order valence-electron chi connectivity index (χ0n) is 16.2. The van der Waals surface area contributed by atoms with Crippen molar-refractivity contribution in [2.24, 2.45) is 5.92 Å². The predicted molar refractivity (Wildman–Crippen MR) is 116 cm³/mol. The molecule has 1 heterocycles. The Morgan fingerprint density at radius 2 is 1.64 bits per heavy atom. The van der Waals surface area contributed by atoms with E-state index in [4.69, 9.17) is 0 Å². The molecule has 3 aromatic rings. The number of hydrogen-bond acceptors (Lipinski definition) is 3.